The highest BCUT2D eigenvalue weighted by Gasteiger charge is 2.43. The van der Waals surface area contributed by atoms with Crippen LogP contribution >= 0.6 is 0 Å². The number of aromatic nitrogens is 1. The van der Waals surface area contributed by atoms with E-state index in [-0.39, 0.29) is 11.9 Å². The quantitative estimate of drug-likeness (QED) is 0.492. The second-order valence-electron chi connectivity index (χ2n) is 7.36. The Morgan fingerprint density at radius 2 is 1.90 bits per heavy atom. The lowest BCUT2D eigenvalue weighted by Gasteiger charge is -2.39. The Kier molecular flexibility index (Phi) is 7.60. The Balaban J connectivity index is 1.58. The molecule has 3 rings (SSSR count). The van der Waals surface area contributed by atoms with Crippen molar-refractivity contribution in [2.24, 2.45) is 5.41 Å². The molecule has 158 valence electrons. The number of pyridine rings is 1. The smallest absolute Gasteiger partial charge is 0.312 e. The Labute approximate surface area is 177 Å². The molecular formula is C24H28N2O4. The van der Waals surface area contributed by atoms with Crippen molar-refractivity contribution in [3.05, 3.63) is 66.5 Å². The molecule has 1 saturated heterocycles. The normalized spacial score (nSPS) is 15.7. The number of nitrogens with zero attached hydrogens (tertiary/aromatic N) is 2. The van der Waals surface area contributed by atoms with Crippen molar-refractivity contribution in [2.45, 2.75) is 26.2 Å². The summed E-state index contributed by atoms with van der Waals surface area (Å²) in [5, 5.41) is 0. The van der Waals surface area contributed by atoms with E-state index in [0.29, 0.717) is 45.6 Å². The average Bonchev–Trinajstić information content (AvgIpc) is 2.79. The van der Waals surface area contributed by atoms with E-state index >= 15 is 0 Å². The lowest BCUT2D eigenvalue weighted by atomic mass is 9.75. The highest BCUT2D eigenvalue weighted by molar-refractivity contribution is 5.92. The van der Waals surface area contributed by atoms with Crippen molar-refractivity contribution in [3.63, 3.8) is 0 Å². The van der Waals surface area contributed by atoms with Gasteiger partial charge < -0.3 is 14.4 Å². The summed E-state index contributed by atoms with van der Waals surface area (Å²) in [6, 6.07) is 13.3. The summed E-state index contributed by atoms with van der Waals surface area (Å²) in [7, 11) is 0. The SMILES string of the molecule is CCOC(=O)C1(CCOc2ccccc2)CCN(C(=O)/C=C/c2cccnc2)CC1. The predicted molar refractivity (Wildman–Crippen MR) is 115 cm³/mol. The minimum atomic E-state index is -0.616. The van der Waals surface area contributed by atoms with Crippen LogP contribution in [0, 0.1) is 5.41 Å². The molecule has 2 heterocycles. The lowest BCUT2D eigenvalue weighted by Crippen LogP contribution is -2.47. The fourth-order valence-corrected chi connectivity index (χ4v) is 3.62. The number of rotatable bonds is 8. The number of piperidine rings is 1. The van der Waals surface area contributed by atoms with Gasteiger partial charge in [-0.1, -0.05) is 24.3 Å². The van der Waals surface area contributed by atoms with Crippen LogP contribution in [0.15, 0.2) is 60.9 Å². The number of ether oxygens (including phenoxy) is 2. The molecule has 1 aromatic heterocycles. The molecule has 0 unspecified atom stereocenters. The topological polar surface area (TPSA) is 68.7 Å². The third kappa shape index (κ3) is 5.69. The molecule has 0 radical (unpaired) electrons. The fraction of sp³-hybridized carbons (Fsp3) is 0.375. The number of hydrogen-bond acceptors (Lipinski definition) is 5. The van der Waals surface area contributed by atoms with Gasteiger partial charge in [0.1, 0.15) is 5.75 Å². The molecule has 0 spiro atoms. The van der Waals surface area contributed by atoms with Gasteiger partial charge in [-0.2, -0.15) is 0 Å². The standard InChI is InChI=1S/C24H28N2O4/c1-2-29-23(28)24(14-18-30-21-8-4-3-5-9-21)12-16-26(17-13-24)22(27)11-10-20-7-6-15-25-19-20/h3-11,15,19H,2,12-14,16-18H2,1H3/b11-10+. The summed E-state index contributed by atoms with van der Waals surface area (Å²) in [4.78, 5) is 31.1. The largest absolute Gasteiger partial charge is 0.494 e. The van der Waals surface area contributed by atoms with Gasteiger partial charge in [0.25, 0.3) is 0 Å². The van der Waals surface area contributed by atoms with Gasteiger partial charge in [0.15, 0.2) is 0 Å². The van der Waals surface area contributed by atoms with Gasteiger partial charge in [0, 0.05) is 31.6 Å². The van der Waals surface area contributed by atoms with Crippen LogP contribution in [0.5, 0.6) is 5.75 Å². The van der Waals surface area contributed by atoms with Gasteiger partial charge in [-0.05, 0) is 56.0 Å². The Morgan fingerprint density at radius 1 is 1.13 bits per heavy atom. The van der Waals surface area contributed by atoms with E-state index in [9.17, 15) is 9.59 Å². The zero-order valence-corrected chi connectivity index (χ0v) is 17.3. The number of esters is 1. The summed E-state index contributed by atoms with van der Waals surface area (Å²) in [6.45, 7) is 3.61. The average molecular weight is 408 g/mol. The second-order valence-corrected chi connectivity index (χ2v) is 7.36. The molecule has 0 atom stereocenters. The molecular weight excluding hydrogens is 380 g/mol. The molecule has 1 aliphatic rings. The molecule has 0 N–H and O–H groups in total. The summed E-state index contributed by atoms with van der Waals surface area (Å²) >= 11 is 0. The van der Waals surface area contributed by atoms with Crippen LogP contribution in [0.4, 0.5) is 0 Å². The number of benzene rings is 1. The maximum atomic E-state index is 12.7. The lowest BCUT2D eigenvalue weighted by molar-refractivity contribution is -0.161. The Hall–Kier alpha value is -3.15. The van der Waals surface area contributed by atoms with E-state index in [1.54, 1.807) is 29.4 Å². The van der Waals surface area contributed by atoms with Crippen molar-refractivity contribution < 1.29 is 19.1 Å². The highest BCUT2D eigenvalue weighted by Crippen LogP contribution is 2.37. The summed E-state index contributed by atoms with van der Waals surface area (Å²) < 4.78 is 11.2. The number of para-hydroxylation sites is 1. The third-order valence-electron chi connectivity index (χ3n) is 5.44. The van der Waals surface area contributed by atoms with Crippen molar-refractivity contribution >= 4 is 18.0 Å². The molecule has 0 bridgehead atoms. The maximum absolute atomic E-state index is 12.7. The van der Waals surface area contributed by atoms with Gasteiger partial charge in [-0.25, -0.2) is 0 Å². The first-order valence-electron chi connectivity index (χ1n) is 10.3. The zero-order chi connectivity index (χ0) is 21.2. The number of hydrogen-bond donors (Lipinski definition) is 0. The van der Waals surface area contributed by atoms with Crippen molar-refractivity contribution in [1.82, 2.24) is 9.88 Å². The van der Waals surface area contributed by atoms with E-state index in [1.165, 1.54) is 0 Å². The fourth-order valence-electron chi connectivity index (χ4n) is 3.62. The van der Waals surface area contributed by atoms with Crippen LogP contribution in [0.3, 0.4) is 0 Å². The van der Waals surface area contributed by atoms with Crippen molar-refractivity contribution in [3.8, 4) is 5.75 Å². The molecule has 6 heteroatoms. The molecule has 0 aliphatic carbocycles. The summed E-state index contributed by atoms with van der Waals surface area (Å²) in [6.07, 6.45) is 8.42. The molecule has 2 aromatic rings. The summed E-state index contributed by atoms with van der Waals surface area (Å²) in [5.41, 5.74) is 0.260. The van der Waals surface area contributed by atoms with Crippen LogP contribution < -0.4 is 4.74 Å². The van der Waals surface area contributed by atoms with E-state index < -0.39 is 5.41 Å². The Morgan fingerprint density at radius 3 is 2.57 bits per heavy atom. The predicted octanol–water partition coefficient (Wildman–Crippen LogP) is 3.74. The number of carbonyl (C=O) groups is 2. The number of amides is 1. The minimum Gasteiger partial charge on any atom is -0.494 e. The molecule has 1 aromatic carbocycles. The minimum absolute atomic E-state index is 0.0585. The second kappa shape index (κ2) is 10.6. The molecule has 1 fully saturated rings. The molecule has 0 saturated carbocycles. The van der Waals surface area contributed by atoms with Crippen LogP contribution in [-0.4, -0.2) is 48.1 Å². The van der Waals surface area contributed by atoms with Gasteiger partial charge in [0.2, 0.25) is 5.91 Å². The molecule has 1 amide bonds. The van der Waals surface area contributed by atoms with Crippen LogP contribution in [-0.2, 0) is 14.3 Å². The highest BCUT2D eigenvalue weighted by atomic mass is 16.5. The Bertz CT molecular complexity index is 844. The van der Waals surface area contributed by atoms with Crippen LogP contribution in [0.1, 0.15) is 31.7 Å². The van der Waals surface area contributed by atoms with Gasteiger partial charge in [-0.15, -0.1) is 0 Å². The number of likely N-dealkylation sites (tertiary alicyclic amines) is 1. The van der Waals surface area contributed by atoms with Gasteiger partial charge in [-0.3, -0.25) is 14.6 Å². The van der Waals surface area contributed by atoms with Gasteiger partial charge >= 0.3 is 5.97 Å². The number of carbonyl (C=O) groups excluding carboxylic acids is 2. The zero-order valence-electron chi connectivity index (χ0n) is 17.3. The van der Waals surface area contributed by atoms with E-state index in [0.717, 1.165) is 11.3 Å². The van der Waals surface area contributed by atoms with Crippen molar-refractivity contribution in [2.75, 3.05) is 26.3 Å². The van der Waals surface area contributed by atoms with Crippen LogP contribution in [0.2, 0.25) is 0 Å². The molecule has 6 nitrogen and oxygen atoms in total. The first-order chi connectivity index (χ1) is 14.6. The molecule has 30 heavy (non-hydrogen) atoms. The maximum Gasteiger partial charge on any atom is 0.312 e. The van der Waals surface area contributed by atoms with Crippen LogP contribution in [0.25, 0.3) is 6.08 Å². The van der Waals surface area contributed by atoms with E-state index in [2.05, 4.69) is 4.98 Å². The van der Waals surface area contributed by atoms with E-state index in [4.69, 9.17) is 9.47 Å². The van der Waals surface area contributed by atoms with Crippen molar-refractivity contribution in [1.29, 1.82) is 0 Å². The molecule has 1 aliphatic heterocycles. The monoisotopic (exact) mass is 408 g/mol. The summed E-state index contributed by atoms with van der Waals surface area (Å²) in [5.74, 6) is 0.529. The first-order valence-corrected chi connectivity index (χ1v) is 10.3. The van der Waals surface area contributed by atoms with Gasteiger partial charge in [0.05, 0.1) is 18.6 Å². The first kappa shape index (κ1) is 21.6. The third-order valence-corrected chi connectivity index (χ3v) is 5.44. The van der Waals surface area contributed by atoms with E-state index in [1.807, 2.05) is 49.4 Å².